The van der Waals surface area contributed by atoms with E-state index in [4.69, 9.17) is 4.74 Å². The van der Waals surface area contributed by atoms with Crippen LogP contribution in [0.15, 0.2) is 46.9 Å². The Bertz CT molecular complexity index is 788. The van der Waals surface area contributed by atoms with Gasteiger partial charge in [0.1, 0.15) is 5.75 Å². The molecule has 0 aliphatic heterocycles. The van der Waals surface area contributed by atoms with Gasteiger partial charge in [0.25, 0.3) is 11.8 Å². The maximum absolute atomic E-state index is 12.4. The minimum absolute atomic E-state index is 0.0483. The van der Waals surface area contributed by atoms with Gasteiger partial charge in [0, 0.05) is 28.8 Å². The minimum Gasteiger partial charge on any atom is -0.483 e. The topological polar surface area (TPSA) is 58.6 Å². The van der Waals surface area contributed by atoms with Gasteiger partial charge >= 0.3 is 0 Å². The Morgan fingerprint density at radius 2 is 1.85 bits per heavy atom. The first-order chi connectivity index (χ1) is 12.4. The van der Waals surface area contributed by atoms with E-state index in [0.29, 0.717) is 30.1 Å². The number of rotatable bonds is 7. The molecule has 2 amide bonds. The van der Waals surface area contributed by atoms with Crippen molar-refractivity contribution >= 4 is 33.4 Å². The summed E-state index contributed by atoms with van der Waals surface area (Å²) < 4.78 is 6.53. The Balaban J connectivity index is 1.98. The number of nitrogens with one attached hydrogen (secondary N) is 1. The number of amides is 2. The average Bonchev–Trinajstić information content (AvgIpc) is 2.62. The number of hydrogen-bond acceptors (Lipinski definition) is 3. The van der Waals surface area contributed by atoms with Crippen molar-refractivity contribution in [1.29, 1.82) is 0 Å². The highest BCUT2D eigenvalue weighted by atomic mass is 79.9. The van der Waals surface area contributed by atoms with Gasteiger partial charge in [-0.05, 0) is 62.7 Å². The molecule has 2 aromatic rings. The fourth-order valence-electron chi connectivity index (χ4n) is 2.54. The second-order valence-corrected chi connectivity index (χ2v) is 6.72. The molecule has 2 rings (SSSR count). The van der Waals surface area contributed by atoms with E-state index in [1.807, 2.05) is 39.0 Å². The zero-order valence-electron chi connectivity index (χ0n) is 15.2. The molecule has 0 aliphatic carbocycles. The largest absolute Gasteiger partial charge is 0.483 e. The average molecular weight is 419 g/mol. The number of halogens is 1. The highest BCUT2D eigenvalue weighted by Gasteiger charge is 2.13. The van der Waals surface area contributed by atoms with Crippen molar-refractivity contribution in [1.82, 2.24) is 4.90 Å². The van der Waals surface area contributed by atoms with E-state index in [0.717, 1.165) is 10.0 Å². The number of aryl methyl sites for hydroxylation is 1. The fourth-order valence-corrected chi connectivity index (χ4v) is 3.01. The van der Waals surface area contributed by atoms with Crippen LogP contribution in [-0.2, 0) is 4.79 Å². The number of ether oxygens (including phenoxy) is 1. The standard InChI is InChI=1S/C20H23BrN2O3/c1-4-23(5-2)20(25)15-7-6-8-17(12-15)22-19(24)13-26-18-10-9-16(21)11-14(18)3/h6-12H,4-5,13H2,1-3H3,(H,22,24). The third kappa shape index (κ3) is 5.33. The number of hydrogen-bond donors (Lipinski definition) is 1. The second kappa shape index (κ2) is 9.38. The smallest absolute Gasteiger partial charge is 0.262 e. The molecule has 0 atom stereocenters. The van der Waals surface area contributed by atoms with Crippen molar-refractivity contribution in [2.75, 3.05) is 25.0 Å². The maximum atomic E-state index is 12.4. The lowest BCUT2D eigenvalue weighted by Gasteiger charge is -2.19. The van der Waals surface area contributed by atoms with Crippen molar-refractivity contribution < 1.29 is 14.3 Å². The molecule has 0 heterocycles. The van der Waals surface area contributed by atoms with Crippen LogP contribution < -0.4 is 10.1 Å². The quantitative estimate of drug-likeness (QED) is 0.730. The molecular formula is C20H23BrN2O3. The molecule has 0 bridgehead atoms. The molecule has 0 radical (unpaired) electrons. The van der Waals surface area contributed by atoms with E-state index in [-0.39, 0.29) is 18.4 Å². The first-order valence-corrected chi connectivity index (χ1v) is 9.32. The van der Waals surface area contributed by atoms with Crippen LogP contribution in [0.2, 0.25) is 0 Å². The summed E-state index contributed by atoms with van der Waals surface area (Å²) in [5, 5.41) is 2.77. The molecule has 0 saturated carbocycles. The number of carbonyl (C=O) groups is 2. The van der Waals surface area contributed by atoms with Crippen LogP contribution in [0.1, 0.15) is 29.8 Å². The predicted molar refractivity (Wildman–Crippen MR) is 107 cm³/mol. The molecule has 138 valence electrons. The Morgan fingerprint density at radius 3 is 2.50 bits per heavy atom. The first kappa shape index (κ1) is 20.0. The van der Waals surface area contributed by atoms with Gasteiger partial charge in [0.15, 0.2) is 6.61 Å². The van der Waals surface area contributed by atoms with Crippen molar-refractivity contribution in [2.45, 2.75) is 20.8 Å². The highest BCUT2D eigenvalue weighted by Crippen LogP contribution is 2.22. The zero-order chi connectivity index (χ0) is 19.1. The summed E-state index contributed by atoms with van der Waals surface area (Å²) in [6, 6.07) is 12.5. The lowest BCUT2D eigenvalue weighted by Crippen LogP contribution is -2.30. The molecule has 5 nitrogen and oxygen atoms in total. The Labute approximate surface area is 162 Å². The van der Waals surface area contributed by atoms with Gasteiger partial charge in [-0.1, -0.05) is 22.0 Å². The van der Waals surface area contributed by atoms with Crippen molar-refractivity contribution in [3.63, 3.8) is 0 Å². The monoisotopic (exact) mass is 418 g/mol. The van der Waals surface area contributed by atoms with Gasteiger partial charge in [-0.2, -0.15) is 0 Å². The van der Waals surface area contributed by atoms with Gasteiger partial charge in [-0.25, -0.2) is 0 Å². The number of benzene rings is 2. The normalized spacial score (nSPS) is 10.3. The van der Waals surface area contributed by atoms with E-state index >= 15 is 0 Å². The third-order valence-electron chi connectivity index (χ3n) is 3.94. The van der Waals surface area contributed by atoms with Crippen molar-refractivity contribution in [3.05, 3.63) is 58.1 Å². The Morgan fingerprint density at radius 1 is 1.12 bits per heavy atom. The minimum atomic E-state index is -0.278. The van der Waals surface area contributed by atoms with Crippen LogP contribution in [0.4, 0.5) is 5.69 Å². The van der Waals surface area contributed by atoms with E-state index in [1.165, 1.54) is 0 Å². The van der Waals surface area contributed by atoms with Gasteiger partial charge in [0.2, 0.25) is 0 Å². The molecular weight excluding hydrogens is 396 g/mol. The first-order valence-electron chi connectivity index (χ1n) is 8.52. The Hall–Kier alpha value is -2.34. The summed E-state index contributed by atoms with van der Waals surface area (Å²) in [6.07, 6.45) is 0. The Kier molecular flexibility index (Phi) is 7.21. The predicted octanol–water partition coefficient (Wildman–Crippen LogP) is 4.26. The lowest BCUT2D eigenvalue weighted by molar-refractivity contribution is -0.118. The molecule has 0 fully saturated rings. The summed E-state index contributed by atoms with van der Waals surface area (Å²) >= 11 is 3.39. The zero-order valence-corrected chi connectivity index (χ0v) is 16.8. The highest BCUT2D eigenvalue weighted by molar-refractivity contribution is 9.10. The van der Waals surface area contributed by atoms with E-state index in [2.05, 4.69) is 21.2 Å². The maximum Gasteiger partial charge on any atom is 0.262 e. The van der Waals surface area contributed by atoms with Crippen LogP contribution in [0.5, 0.6) is 5.75 Å². The lowest BCUT2D eigenvalue weighted by atomic mass is 10.1. The molecule has 0 spiro atoms. The van der Waals surface area contributed by atoms with Gasteiger partial charge < -0.3 is 15.0 Å². The number of anilines is 1. The second-order valence-electron chi connectivity index (χ2n) is 5.80. The molecule has 0 aliphatic rings. The van der Waals surface area contributed by atoms with Gasteiger partial charge in [0.05, 0.1) is 0 Å². The van der Waals surface area contributed by atoms with Gasteiger partial charge in [-0.3, -0.25) is 9.59 Å². The molecule has 2 aromatic carbocycles. The summed E-state index contributed by atoms with van der Waals surface area (Å²) in [7, 11) is 0. The molecule has 0 unspecified atom stereocenters. The summed E-state index contributed by atoms with van der Waals surface area (Å²) in [5.74, 6) is 0.335. The van der Waals surface area contributed by atoms with Crippen LogP contribution in [0, 0.1) is 6.92 Å². The van der Waals surface area contributed by atoms with Gasteiger partial charge in [-0.15, -0.1) is 0 Å². The van der Waals surface area contributed by atoms with Crippen LogP contribution in [0.25, 0.3) is 0 Å². The summed E-state index contributed by atoms with van der Waals surface area (Å²) in [5.41, 5.74) is 2.07. The molecule has 0 saturated heterocycles. The van der Waals surface area contributed by atoms with Crippen molar-refractivity contribution in [3.8, 4) is 5.75 Å². The van der Waals surface area contributed by atoms with E-state index < -0.39 is 0 Å². The van der Waals surface area contributed by atoms with Crippen LogP contribution in [-0.4, -0.2) is 36.4 Å². The summed E-state index contributed by atoms with van der Waals surface area (Å²) in [6.45, 7) is 6.98. The van der Waals surface area contributed by atoms with E-state index in [9.17, 15) is 9.59 Å². The SMILES string of the molecule is CCN(CC)C(=O)c1cccc(NC(=O)COc2ccc(Br)cc2C)c1. The van der Waals surface area contributed by atoms with E-state index in [1.54, 1.807) is 29.2 Å². The van der Waals surface area contributed by atoms with Crippen molar-refractivity contribution in [2.24, 2.45) is 0 Å². The molecule has 0 aromatic heterocycles. The molecule has 6 heteroatoms. The van der Waals surface area contributed by atoms with Crippen LogP contribution >= 0.6 is 15.9 Å². The summed E-state index contributed by atoms with van der Waals surface area (Å²) in [4.78, 5) is 26.3. The molecule has 26 heavy (non-hydrogen) atoms. The third-order valence-corrected chi connectivity index (χ3v) is 4.43. The molecule has 1 N–H and O–H groups in total. The fraction of sp³-hybridized carbons (Fsp3) is 0.300. The number of carbonyl (C=O) groups excluding carboxylic acids is 2. The number of nitrogens with zero attached hydrogens (tertiary/aromatic N) is 1. The van der Waals surface area contributed by atoms with Crippen LogP contribution in [0.3, 0.4) is 0 Å².